The van der Waals surface area contributed by atoms with Gasteiger partial charge in [-0.2, -0.15) is 0 Å². The summed E-state index contributed by atoms with van der Waals surface area (Å²) in [5, 5.41) is 9.13. The van der Waals surface area contributed by atoms with Gasteiger partial charge in [-0.05, 0) is 51.6 Å². The average Bonchev–Trinajstić information content (AvgIpc) is 2.36. The SMILES string of the molecule is CC(C)CN(C(=O)CN1CCC(CO)CC1)C(C)C. The van der Waals surface area contributed by atoms with E-state index in [0.29, 0.717) is 18.4 Å². The molecule has 0 atom stereocenters. The van der Waals surface area contributed by atoms with E-state index >= 15 is 0 Å². The van der Waals surface area contributed by atoms with Crippen molar-refractivity contribution in [2.24, 2.45) is 11.8 Å². The minimum Gasteiger partial charge on any atom is -0.396 e. The Hall–Kier alpha value is -0.610. The number of piperidine rings is 1. The predicted octanol–water partition coefficient (Wildman–Crippen LogP) is 1.58. The predicted molar refractivity (Wildman–Crippen MR) is 77.9 cm³/mol. The van der Waals surface area contributed by atoms with Crippen molar-refractivity contribution < 1.29 is 9.90 Å². The van der Waals surface area contributed by atoms with E-state index in [0.717, 1.165) is 32.5 Å². The number of hydrogen-bond donors (Lipinski definition) is 1. The van der Waals surface area contributed by atoms with Crippen LogP contribution in [0, 0.1) is 11.8 Å². The van der Waals surface area contributed by atoms with Gasteiger partial charge in [0.1, 0.15) is 0 Å². The highest BCUT2D eigenvalue weighted by Gasteiger charge is 2.24. The number of amides is 1. The highest BCUT2D eigenvalue weighted by Crippen LogP contribution is 2.16. The van der Waals surface area contributed by atoms with Crippen LogP contribution in [0.15, 0.2) is 0 Å². The normalized spacial score (nSPS) is 18.3. The summed E-state index contributed by atoms with van der Waals surface area (Å²) in [7, 11) is 0. The van der Waals surface area contributed by atoms with Crippen LogP contribution < -0.4 is 0 Å². The van der Waals surface area contributed by atoms with Gasteiger partial charge in [0.25, 0.3) is 0 Å². The summed E-state index contributed by atoms with van der Waals surface area (Å²) in [6, 6.07) is 0.268. The van der Waals surface area contributed by atoms with Gasteiger partial charge in [-0.1, -0.05) is 13.8 Å². The molecule has 1 saturated heterocycles. The summed E-state index contributed by atoms with van der Waals surface area (Å²) >= 11 is 0. The maximum absolute atomic E-state index is 12.4. The van der Waals surface area contributed by atoms with E-state index < -0.39 is 0 Å². The topological polar surface area (TPSA) is 43.8 Å². The quantitative estimate of drug-likeness (QED) is 0.797. The molecule has 0 aromatic carbocycles. The molecule has 0 saturated carbocycles. The molecule has 0 radical (unpaired) electrons. The lowest BCUT2D eigenvalue weighted by molar-refractivity contribution is -0.135. The number of rotatable bonds is 6. The number of aliphatic hydroxyl groups is 1. The fourth-order valence-corrected chi connectivity index (χ4v) is 2.60. The van der Waals surface area contributed by atoms with Crippen molar-refractivity contribution in [3.05, 3.63) is 0 Å². The van der Waals surface area contributed by atoms with Gasteiger partial charge < -0.3 is 10.0 Å². The number of carbonyl (C=O) groups is 1. The Morgan fingerprint density at radius 3 is 2.26 bits per heavy atom. The first-order valence-electron chi connectivity index (χ1n) is 7.56. The lowest BCUT2D eigenvalue weighted by atomic mass is 9.98. The van der Waals surface area contributed by atoms with E-state index in [2.05, 4.69) is 32.6 Å². The molecular formula is C15H30N2O2. The van der Waals surface area contributed by atoms with Gasteiger partial charge in [0, 0.05) is 19.2 Å². The molecule has 112 valence electrons. The first kappa shape index (κ1) is 16.4. The monoisotopic (exact) mass is 270 g/mol. The van der Waals surface area contributed by atoms with Crippen molar-refractivity contribution >= 4 is 5.91 Å². The highest BCUT2D eigenvalue weighted by molar-refractivity contribution is 5.78. The van der Waals surface area contributed by atoms with Crippen LogP contribution in [0.4, 0.5) is 0 Å². The number of aliphatic hydroxyl groups excluding tert-OH is 1. The number of nitrogens with zero attached hydrogens (tertiary/aromatic N) is 2. The number of hydrogen-bond acceptors (Lipinski definition) is 3. The van der Waals surface area contributed by atoms with E-state index in [9.17, 15) is 4.79 Å². The Kier molecular flexibility index (Phi) is 6.80. The zero-order chi connectivity index (χ0) is 14.4. The standard InChI is InChI=1S/C15H30N2O2/c1-12(2)9-17(13(3)4)15(19)10-16-7-5-14(11-18)6-8-16/h12-14,18H,5-11H2,1-4H3. The van der Waals surface area contributed by atoms with Crippen LogP contribution in [0.3, 0.4) is 0 Å². The molecule has 1 aliphatic rings. The Balaban J connectivity index is 2.44. The van der Waals surface area contributed by atoms with Gasteiger partial charge in [-0.25, -0.2) is 0 Å². The van der Waals surface area contributed by atoms with Crippen molar-refractivity contribution in [2.45, 2.75) is 46.6 Å². The first-order chi connectivity index (χ1) is 8.93. The third-order valence-electron chi connectivity index (χ3n) is 3.83. The third-order valence-corrected chi connectivity index (χ3v) is 3.83. The van der Waals surface area contributed by atoms with Gasteiger partial charge in [-0.3, -0.25) is 9.69 Å². The molecule has 0 aliphatic carbocycles. The van der Waals surface area contributed by atoms with E-state index in [4.69, 9.17) is 5.11 Å². The second-order valence-electron chi connectivity index (χ2n) is 6.44. The molecule has 1 amide bonds. The molecule has 0 unspecified atom stereocenters. The zero-order valence-electron chi connectivity index (χ0n) is 12.9. The van der Waals surface area contributed by atoms with Crippen LogP contribution in [0.2, 0.25) is 0 Å². The molecule has 1 fully saturated rings. The molecule has 4 heteroatoms. The molecule has 4 nitrogen and oxygen atoms in total. The van der Waals surface area contributed by atoms with Crippen LogP contribution in [0.25, 0.3) is 0 Å². The second-order valence-corrected chi connectivity index (χ2v) is 6.44. The molecule has 0 spiro atoms. The molecule has 0 aromatic heterocycles. The van der Waals surface area contributed by atoms with Crippen LogP contribution >= 0.6 is 0 Å². The molecule has 1 aliphatic heterocycles. The molecule has 1 heterocycles. The molecule has 0 aromatic rings. The second kappa shape index (κ2) is 7.85. The minimum absolute atomic E-state index is 0.242. The minimum atomic E-state index is 0.242. The van der Waals surface area contributed by atoms with E-state index in [1.807, 2.05) is 4.90 Å². The summed E-state index contributed by atoms with van der Waals surface area (Å²) in [4.78, 5) is 16.6. The van der Waals surface area contributed by atoms with Crippen molar-refractivity contribution in [1.29, 1.82) is 0 Å². The van der Waals surface area contributed by atoms with Crippen molar-refractivity contribution in [1.82, 2.24) is 9.80 Å². The van der Waals surface area contributed by atoms with Crippen molar-refractivity contribution in [3.8, 4) is 0 Å². The summed E-state index contributed by atoms with van der Waals surface area (Å²) in [5.74, 6) is 1.18. The van der Waals surface area contributed by atoms with E-state index in [-0.39, 0.29) is 18.6 Å². The Labute approximate surface area is 117 Å². The molecular weight excluding hydrogens is 240 g/mol. The fraction of sp³-hybridized carbons (Fsp3) is 0.933. The molecule has 19 heavy (non-hydrogen) atoms. The molecule has 1 rings (SSSR count). The Morgan fingerprint density at radius 2 is 1.84 bits per heavy atom. The van der Waals surface area contributed by atoms with Crippen LogP contribution in [-0.4, -0.2) is 59.6 Å². The lowest BCUT2D eigenvalue weighted by Gasteiger charge is -2.34. The summed E-state index contributed by atoms with van der Waals surface area (Å²) in [6.45, 7) is 12.0. The summed E-state index contributed by atoms with van der Waals surface area (Å²) in [6.07, 6.45) is 2.02. The average molecular weight is 270 g/mol. The number of carbonyl (C=O) groups excluding carboxylic acids is 1. The summed E-state index contributed by atoms with van der Waals surface area (Å²) < 4.78 is 0. The van der Waals surface area contributed by atoms with Gasteiger partial charge in [0.05, 0.1) is 6.54 Å². The van der Waals surface area contributed by atoms with E-state index in [1.165, 1.54) is 0 Å². The van der Waals surface area contributed by atoms with Crippen LogP contribution in [0.1, 0.15) is 40.5 Å². The van der Waals surface area contributed by atoms with Crippen molar-refractivity contribution in [3.63, 3.8) is 0 Å². The molecule has 1 N–H and O–H groups in total. The summed E-state index contributed by atoms with van der Waals surface area (Å²) in [5.41, 5.74) is 0. The van der Waals surface area contributed by atoms with Crippen molar-refractivity contribution in [2.75, 3.05) is 32.8 Å². The number of likely N-dealkylation sites (tertiary alicyclic amines) is 1. The van der Waals surface area contributed by atoms with E-state index in [1.54, 1.807) is 0 Å². The fourth-order valence-electron chi connectivity index (χ4n) is 2.60. The molecule has 0 bridgehead atoms. The van der Waals surface area contributed by atoms with Crippen LogP contribution in [-0.2, 0) is 4.79 Å². The zero-order valence-corrected chi connectivity index (χ0v) is 12.9. The van der Waals surface area contributed by atoms with Gasteiger partial charge in [0.2, 0.25) is 5.91 Å². The Morgan fingerprint density at radius 1 is 1.26 bits per heavy atom. The van der Waals surface area contributed by atoms with Gasteiger partial charge >= 0.3 is 0 Å². The van der Waals surface area contributed by atoms with Gasteiger partial charge in [-0.15, -0.1) is 0 Å². The smallest absolute Gasteiger partial charge is 0.236 e. The Bertz CT molecular complexity index is 271. The van der Waals surface area contributed by atoms with Crippen LogP contribution in [0.5, 0.6) is 0 Å². The highest BCUT2D eigenvalue weighted by atomic mass is 16.3. The lowest BCUT2D eigenvalue weighted by Crippen LogP contribution is -2.47. The maximum atomic E-state index is 12.4. The van der Waals surface area contributed by atoms with Gasteiger partial charge in [0.15, 0.2) is 0 Å². The first-order valence-corrected chi connectivity index (χ1v) is 7.56. The third kappa shape index (κ3) is 5.49. The maximum Gasteiger partial charge on any atom is 0.236 e. The largest absolute Gasteiger partial charge is 0.396 e.